The average molecular weight is 271 g/mol. The van der Waals surface area contributed by atoms with Crippen molar-refractivity contribution < 1.29 is 12.8 Å². The topological polar surface area (TPSA) is 46.2 Å². The predicted molar refractivity (Wildman–Crippen MR) is 69.5 cm³/mol. The summed E-state index contributed by atoms with van der Waals surface area (Å²) in [5.74, 6) is -0.251. The highest BCUT2D eigenvalue weighted by atomic mass is 32.2. The summed E-state index contributed by atoms with van der Waals surface area (Å²) in [6, 6.07) is 6.50. The Labute approximate surface area is 107 Å². The molecule has 0 aromatic heterocycles. The maximum absolute atomic E-state index is 13.4. The standard InChI is InChI=1S/C13H18FNO2S/c1-18(16,17)13-8-4-7-12(13)15-9-10-5-2-3-6-11(10)14/h2-3,5-6,12-13,15H,4,7-9H2,1H3. The van der Waals surface area contributed by atoms with Gasteiger partial charge in [0.2, 0.25) is 0 Å². The molecule has 18 heavy (non-hydrogen) atoms. The van der Waals surface area contributed by atoms with Crippen LogP contribution in [0, 0.1) is 5.82 Å². The zero-order valence-electron chi connectivity index (χ0n) is 10.4. The highest BCUT2D eigenvalue weighted by molar-refractivity contribution is 7.91. The van der Waals surface area contributed by atoms with Crippen LogP contribution in [0.4, 0.5) is 4.39 Å². The van der Waals surface area contributed by atoms with Crippen LogP contribution >= 0.6 is 0 Å². The van der Waals surface area contributed by atoms with Crippen molar-refractivity contribution in [2.75, 3.05) is 6.26 Å². The summed E-state index contributed by atoms with van der Waals surface area (Å²) in [5, 5.41) is 2.85. The molecule has 0 amide bonds. The van der Waals surface area contributed by atoms with Gasteiger partial charge in [0.1, 0.15) is 5.82 Å². The number of sulfone groups is 1. The van der Waals surface area contributed by atoms with Crippen molar-refractivity contribution in [3.8, 4) is 0 Å². The Balaban J connectivity index is 2.00. The van der Waals surface area contributed by atoms with Crippen molar-refractivity contribution in [3.63, 3.8) is 0 Å². The second-order valence-electron chi connectivity index (χ2n) is 4.88. The molecule has 1 aliphatic rings. The van der Waals surface area contributed by atoms with Gasteiger partial charge >= 0.3 is 0 Å². The molecule has 1 fully saturated rings. The minimum Gasteiger partial charge on any atom is -0.309 e. The number of rotatable bonds is 4. The Morgan fingerprint density at radius 2 is 2.06 bits per heavy atom. The van der Waals surface area contributed by atoms with Crippen molar-refractivity contribution in [2.45, 2.75) is 37.1 Å². The Bertz CT molecular complexity index is 515. The normalized spacial score (nSPS) is 24.3. The van der Waals surface area contributed by atoms with Gasteiger partial charge in [-0.1, -0.05) is 24.6 Å². The van der Waals surface area contributed by atoms with Crippen LogP contribution in [0.3, 0.4) is 0 Å². The van der Waals surface area contributed by atoms with Gasteiger partial charge in [0, 0.05) is 24.4 Å². The smallest absolute Gasteiger partial charge is 0.151 e. The Morgan fingerprint density at radius 3 is 2.72 bits per heavy atom. The lowest BCUT2D eigenvalue weighted by Crippen LogP contribution is -2.39. The van der Waals surface area contributed by atoms with Gasteiger partial charge in [-0.2, -0.15) is 0 Å². The predicted octanol–water partition coefficient (Wildman–Crippen LogP) is 1.88. The third kappa shape index (κ3) is 3.09. The zero-order valence-corrected chi connectivity index (χ0v) is 11.2. The molecule has 1 saturated carbocycles. The molecule has 2 rings (SSSR count). The van der Waals surface area contributed by atoms with Crippen LogP contribution in [0.25, 0.3) is 0 Å². The van der Waals surface area contributed by atoms with Crippen LogP contribution in [0.1, 0.15) is 24.8 Å². The summed E-state index contributed by atoms with van der Waals surface area (Å²) in [6.45, 7) is 0.378. The highest BCUT2D eigenvalue weighted by Crippen LogP contribution is 2.25. The third-order valence-electron chi connectivity index (χ3n) is 3.52. The van der Waals surface area contributed by atoms with Gasteiger partial charge in [0.05, 0.1) is 5.25 Å². The van der Waals surface area contributed by atoms with E-state index < -0.39 is 9.84 Å². The van der Waals surface area contributed by atoms with E-state index in [2.05, 4.69) is 5.32 Å². The van der Waals surface area contributed by atoms with Crippen LogP contribution in [0.2, 0.25) is 0 Å². The maximum atomic E-state index is 13.4. The van der Waals surface area contributed by atoms with E-state index in [0.717, 1.165) is 12.8 Å². The minimum atomic E-state index is -3.02. The minimum absolute atomic E-state index is 0.0559. The molecular formula is C13H18FNO2S. The van der Waals surface area contributed by atoms with Gasteiger partial charge in [-0.05, 0) is 18.9 Å². The molecule has 5 heteroatoms. The lowest BCUT2D eigenvalue weighted by molar-refractivity contribution is 0.497. The molecule has 2 atom stereocenters. The summed E-state index contributed by atoms with van der Waals surface area (Å²) in [5.41, 5.74) is 0.580. The molecule has 0 bridgehead atoms. The van der Waals surface area contributed by atoms with Crippen LogP contribution in [0.15, 0.2) is 24.3 Å². The van der Waals surface area contributed by atoms with Crippen molar-refractivity contribution in [3.05, 3.63) is 35.6 Å². The number of halogens is 1. The number of hydrogen-bond donors (Lipinski definition) is 1. The summed E-state index contributed by atoms with van der Waals surface area (Å²) in [6.07, 6.45) is 3.73. The molecule has 0 spiro atoms. The van der Waals surface area contributed by atoms with E-state index in [9.17, 15) is 12.8 Å². The van der Waals surface area contributed by atoms with Crippen LogP contribution in [0.5, 0.6) is 0 Å². The van der Waals surface area contributed by atoms with Gasteiger partial charge in [-0.15, -0.1) is 0 Å². The van der Waals surface area contributed by atoms with Crippen molar-refractivity contribution in [2.24, 2.45) is 0 Å². The molecule has 1 aromatic rings. The summed E-state index contributed by atoms with van der Waals surface area (Å²) < 4.78 is 36.7. The van der Waals surface area contributed by atoms with Crippen LogP contribution < -0.4 is 5.32 Å². The molecule has 1 aliphatic carbocycles. The number of nitrogens with one attached hydrogen (secondary N) is 1. The van der Waals surface area contributed by atoms with E-state index in [-0.39, 0.29) is 17.1 Å². The molecule has 0 radical (unpaired) electrons. The molecule has 0 aliphatic heterocycles. The summed E-state index contributed by atoms with van der Waals surface area (Å²) in [4.78, 5) is 0. The van der Waals surface area contributed by atoms with Crippen LogP contribution in [-0.2, 0) is 16.4 Å². The third-order valence-corrected chi connectivity index (χ3v) is 5.18. The second-order valence-corrected chi connectivity index (χ2v) is 7.14. The number of hydrogen-bond acceptors (Lipinski definition) is 3. The fourth-order valence-corrected chi connectivity index (χ4v) is 3.98. The lowest BCUT2D eigenvalue weighted by atomic mass is 10.2. The molecule has 2 unspecified atom stereocenters. The molecule has 0 saturated heterocycles. The number of benzene rings is 1. The van der Waals surface area contributed by atoms with E-state index in [0.29, 0.717) is 18.5 Å². The molecule has 3 nitrogen and oxygen atoms in total. The molecular weight excluding hydrogens is 253 g/mol. The van der Waals surface area contributed by atoms with Gasteiger partial charge in [-0.25, -0.2) is 12.8 Å². The first-order chi connectivity index (χ1) is 8.48. The first kappa shape index (κ1) is 13.5. The van der Waals surface area contributed by atoms with Crippen molar-refractivity contribution in [1.82, 2.24) is 5.32 Å². The molecule has 1 aromatic carbocycles. The summed E-state index contributed by atoms with van der Waals surface area (Å²) in [7, 11) is -3.02. The Morgan fingerprint density at radius 1 is 1.33 bits per heavy atom. The maximum Gasteiger partial charge on any atom is 0.151 e. The lowest BCUT2D eigenvalue weighted by Gasteiger charge is -2.19. The second kappa shape index (κ2) is 5.36. The van der Waals surface area contributed by atoms with E-state index in [1.807, 2.05) is 0 Å². The van der Waals surface area contributed by atoms with E-state index in [4.69, 9.17) is 0 Å². The first-order valence-electron chi connectivity index (χ1n) is 6.14. The largest absolute Gasteiger partial charge is 0.309 e. The van der Waals surface area contributed by atoms with Gasteiger partial charge in [0.25, 0.3) is 0 Å². The molecule has 0 heterocycles. The fraction of sp³-hybridized carbons (Fsp3) is 0.538. The van der Waals surface area contributed by atoms with Gasteiger partial charge in [0.15, 0.2) is 9.84 Å². The quantitative estimate of drug-likeness (QED) is 0.909. The molecule has 1 N–H and O–H groups in total. The van der Waals surface area contributed by atoms with Crippen molar-refractivity contribution in [1.29, 1.82) is 0 Å². The van der Waals surface area contributed by atoms with E-state index in [1.165, 1.54) is 12.3 Å². The molecule has 100 valence electrons. The summed E-state index contributed by atoms with van der Waals surface area (Å²) >= 11 is 0. The first-order valence-corrected chi connectivity index (χ1v) is 8.09. The Kier molecular flexibility index (Phi) is 4.02. The van der Waals surface area contributed by atoms with Crippen LogP contribution in [-0.4, -0.2) is 26.0 Å². The fourth-order valence-electron chi connectivity index (χ4n) is 2.55. The monoisotopic (exact) mass is 271 g/mol. The average Bonchev–Trinajstić information content (AvgIpc) is 2.76. The highest BCUT2D eigenvalue weighted by Gasteiger charge is 2.34. The van der Waals surface area contributed by atoms with Gasteiger partial charge < -0.3 is 5.32 Å². The van der Waals surface area contributed by atoms with E-state index in [1.54, 1.807) is 18.2 Å². The SMILES string of the molecule is CS(=O)(=O)C1CCCC1NCc1ccccc1F. The zero-order chi connectivity index (χ0) is 13.2. The van der Waals surface area contributed by atoms with Crippen molar-refractivity contribution >= 4 is 9.84 Å². The van der Waals surface area contributed by atoms with Gasteiger partial charge in [-0.3, -0.25) is 0 Å². The Hall–Kier alpha value is -0.940. The van der Waals surface area contributed by atoms with E-state index >= 15 is 0 Å².